The third-order valence-corrected chi connectivity index (χ3v) is 3.43. The average molecular weight is 281 g/mol. The van der Waals surface area contributed by atoms with Crippen LogP contribution in [0, 0.1) is 12.8 Å². The van der Waals surface area contributed by atoms with Crippen molar-refractivity contribution in [2.75, 3.05) is 25.1 Å². The molecule has 0 saturated carbocycles. The lowest BCUT2D eigenvalue weighted by atomic mass is 10.0. The van der Waals surface area contributed by atoms with E-state index in [0.29, 0.717) is 31.6 Å². The van der Waals surface area contributed by atoms with Crippen LogP contribution < -0.4 is 5.32 Å². The van der Waals surface area contributed by atoms with Gasteiger partial charge in [0, 0.05) is 13.6 Å². The molecule has 1 atom stereocenters. The van der Waals surface area contributed by atoms with Gasteiger partial charge in [-0.3, -0.25) is 10.00 Å². The van der Waals surface area contributed by atoms with Crippen LogP contribution in [-0.2, 0) is 11.8 Å². The number of amides is 2. The van der Waals surface area contributed by atoms with Gasteiger partial charge >= 0.3 is 6.03 Å². The number of hydrogen-bond acceptors (Lipinski definition) is 4. The Morgan fingerprint density at radius 3 is 2.90 bits per heavy atom. The summed E-state index contributed by atoms with van der Waals surface area (Å²) in [5, 5.41) is 6.91. The van der Waals surface area contributed by atoms with Crippen molar-refractivity contribution >= 4 is 12.0 Å². The maximum absolute atomic E-state index is 12.3. The molecule has 0 aliphatic carbocycles. The zero-order valence-corrected chi connectivity index (χ0v) is 12.6. The fraction of sp³-hybridized carbons (Fsp3) is 0.769. The Morgan fingerprint density at radius 2 is 2.30 bits per heavy atom. The number of aryl methyl sites for hydroxylation is 2. The molecule has 1 N–H and O–H groups in total. The summed E-state index contributed by atoms with van der Waals surface area (Å²) in [7, 11) is 1.80. The largest absolute Gasteiger partial charge is 0.377 e. The van der Waals surface area contributed by atoms with Gasteiger partial charge in [-0.05, 0) is 19.3 Å². The first-order valence-electron chi connectivity index (χ1n) is 7.00. The van der Waals surface area contributed by atoms with Gasteiger partial charge < -0.3 is 9.64 Å². The Morgan fingerprint density at radius 1 is 1.55 bits per heavy atom. The molecule has 0 spiro atoms. The smallest absolute Gasteiger partial charge is 0.324 e. The predicted molar refractivity (Wildman–Crippen MR) is 75.5 cm³/mol. The van der Waals surface area contributed by atoms with Crippen LogP contribution in [0.4, 0.5) is 10.7 Å². The number of rotatable bonds is 3. The predicted octanol–water partition coefficient (Wildman–Crippen LogP) is 1.40. The highest BCUT2D eigenvalue weighted by atomic mass is 16.5. The number of aromatic nitrogens is 3. The van der Waals surface area contributed by atoms with E-state index in [-0.39, 0.29) is 12.1 Å². The van der Waals surface area contributed by atoms with Gasteiger partial charge in [-0.25, -0.2) is 4.79 Å². The lowest BCUT2D eigenvalue weighted by molar-refractivity contribution is 0.00854. The minimum atomic E-state index is -0.149. The molecule has 0 aromatic carbocycles. The number of nitrogens with zero attached hydrogens (tertiary/aromatic N) is 4. The molecule has 1 saturated heterocycles. The quantitative estimate of drug-likeness (QED) is 0.909. The van der Waals surface area contributed by atoms with Crippen LogP contribution in [0.1, 0.15) is 26.1 Å². The van der Waals surface area contributed by atoms with E-state index >= 15 is 0 Å². The van der Waals surface area contributed by atoms with Gasteiger partial charge in [0.1, 0.15) is 5.82 Å². The maximum atomic E-state index is 12.3. The highest BCUT2D eigenvalue weighted by Crippen LogP contribution is 2.16. The zero-order valence-electron chi connectivity index (χ0n) is 12.6. The molecule has 2 rings (SSSR count). The number of anilines is 1. The third-order valence-electron chi connectivity index (χ3n) is 3.43. The van der Waals surface area contributed by atoms with Gasteiger partial charge in [-0.2, -0.15) is 4.98 Å². The van der Waals surface area contributed by atoms with E-state index in [0.717, 1.165) is 12.2 Å². The second kappa shape index (κ2) is 6.21. The minimum Gasteiger partial charge on any atom is -0.377 e. The molecule has 1 aromatic heterocycles. The first kappa shape index (κ1) is 14.8. The summed E-state index contributed by atoms with van der Waals surface area (Å²) >= 11 is 0. The van der Waals surface area contributed by atoms with E-state index in [1.54, 1.807) is 11.7 Å². The second-order valence-corrected chi connectivity index (χ2v) is 5.59. The highest BCUT2D eigenvalue weighted by Gasteiger charge is 2.28. The average Bonchev–Trinajstić information content (AvgIpc) is 2.68. The van der Waals surface area contributed by atoms with Crippen LogP contribution >= 0.6 is 0 Å². The Kier molecular flexibility index (Phi) is 4.59. The Bertz CT molecular complexity index is 452. The summed E-state index contributed by atoms with van der Waals surface area (Å²) in [6.07, 6.45) is 0.933. The third kappa shape index (κ3) is 3.47. The first-order valence-corrected chi connectivity index (χ1v) is 7.00. The Balaban J connectivity index is 2.01. The van der Waals surface area contributed by atoms with Crippen molar-refractivity contribution < 1.29 is 9.53 Å². The molecule has 1 aliphatic heterocycles. The molecule has 1 aromatic rings. The van der Waals surface area contributed by atoms with Crippen molar-refractivity contribution in [3.63, 3.8) is 0 Å². The first-order chi connectivity index (χ1) is 9.47. The standard InChI is InChI=1S/C13H23N5O2/c1-9(2)7-11-8-20-6-5-18(11)13(19)15-12-14-10(3)17(4)16-12/h9,11H,5-8H2,1-4H3,(H,15,16,19). The van der Waals surface area contributed by atoms with Crippen LogP contribution in [0.25, 0.3) is 0 Å². The molecule has 112 valence electrons. The summed E-state index contributed by atoms with van der Waals surface area (Å²) in [4.78, 5) is 18.4. The maximum Gasteiger partial charge on any atom is 0.324 e. The van der Waals surface area contributed by atoms with Crippen molar-refractivity contribution in [3.8, 4) is 0 Å². The number of carbonyl (C=O) groups excluding carboxylic acids is 1. The summed E-state index contributed by atoms with van der Waals surface area (Å²) in [6, 6.07) is -0.0295. The molecule has 0 radical (unpaired) electrons. The van der Waals surface area contributed by atoms with Gasteiger partial charge in [0.2, 0.25) is 5.95 Å². The van der Waals surface area contributed by atoms with Gasteiger partial charge in [0.25, 0.3) is 0 Å². The fourth-order valence-corrected chi connectivity index (χ4v) is 2.34. The van der Waals surface area contributed by atoms with Crippen molar-refractivity contribution in [1.29, 1.82) is 0 Å². The van der Waals surface area contributed by atoms with Gasteiger partial charge in [0.05, 0.1) is 19.3 Å². The van der Waals surface area contributed by atoms with Crippen molar-refractivity contribution in [3.05, 3.63) is 5.82 Å². The van der Waals surface area contributed by atoms with Gasteiger partial charge in [-0.15, -0.1) is 5.10 Å². The van der Waals surface area contributed by atoms with Crippen LogP contribution in [0.5, 0.6) is 0 Å². The SMILES string of the molecule is Cc1nc(NC(=O)N2CCOCC2CC(C)C)nn1C. The molecule has 20 heavy (non-hydrogen) atoms. The van der Waals surface area contributed by atoms with Gasteiger partial charge in [-0.1, -0.05) is 13.8 Å². The molecular weight excluding hydrogens is 258 g/mol. The number of nitrogens with one attached hydrogen (secondary N) is 1. The Hall–Kier alpha value is -1.63. The van der Waals surface area contributed by atoms with E-state index in [2.05, 4.69) is 29.2 Å². The van der Waals surface area contributed by atoms with Crippen LogP contribution in [0.3, 0.4) is 0 Å². The summed E-state index contributed by atoms with van der Waals surface area (Å²) < 4.78 is 7.12. The van der Waals surface area contributed by atoms with E-state index in [9.17, 15) is 4.79 Å². The molecule has 2 amide bonds. The van der Waals surface area contributed by atoms with Crippen molar-refractivity contribution in [2.24, 2.45) is 13.0 Å². The molecule has 1 fully saturated rings. The van der Waals surface area contributed by atoms with E-state index in [1.165, 1.54) is 0 Å². The molecule has 7 nitrogen and oxygen atoms in total. The van der Waals surface area contributed by atoms with Crippen molar-refractivity contribution in [1.82, 2.24) is 19.7 Å². The van der Waals surface area contributed by atoms with Crippen LogP contribution in [0.15, 0.2) is 0 Å². The molecule has 0 bridgehead atoms. The monoisotopic (exact) mass is 281 g/mol. The molecule has 1 aliphatic rings. The van der Waals surface area contributed by atoms with Crippen molar-refractivity contribution in [2.45, 2.75) is 33.2 Å². The van der Waals surface area contributed by atoms with Gasteiger partial charge in [0.15, 0.2) is 0 Å². The lowest BCUT2D eigenvalue weighted by Crippen LogP contribution is -2.50. The molecular formula is C13H23N5O2. The number of hydrogen-bond donors (Lipinski definition) is 1. The van der Waals surface area contributed by atoms with Crippen LogP contribution in [-0.4, -0.2) is 51.5 Å². The molecule has 7 heteroatoms. The zero-order chi connectivity index (χ0) is 14.7. The van der Waals surface area contributed by atoms with Crippen LogP contribution in [0.2, 0.25) is 0 Å². The fourth-order valence-electron chi connectivity index (χ4n) is 2.34. The minimum absolute atomic E-state index is 0.119. The van der Waals surface area contributed by atoms with E-state index in [4.69, 9.17) is 4.74 Å². The normalized spacial score (nSPS) is 19.4. The number of morpholine rings is 1. The summed E-state index contributed by atoms with van der Waals surface area (Å²) in [5.41, 5.74) is 0. The number of ether oxygens (including phenoxy) is 1. The Labute approximate surface area is 119 Å². The summed E-state index contributed by atoms with van der Waals surface area (Å²) in [6.45, 7) is 7.92. The summed E-state index contributed by atoms with van der Waals surface area (Å²) in [5.74, 6) is 1.64. The van der Waals surface area contributed by atoms with E-state index < -0.39 is 0 Å². The number of carbonyl (C=O) groups is 1. The topological polar surface area (TPSA) is 72.3 Å². The highest BCUT2D eigenvalue weighted by molar-refractivity contribution is 5.87. The molecule has 2 heterocycles. The lowest BCUT2D eigenvalue weighted by Gasteiger charge is -2.36. The molecule has 1 unspecified atom stereocenters. The second-order valence-electron chi connectivity index (χ2n) is 5.59. The van der Waals surface area contributed by atoms with E-state index in [1.807, 2.05) is 11.8 Å². The number of urea groups is 1.